The Kier molecular flexibility index (Phi) is 5.80. The summed E-state index contributed by atoms with van der Waals surface area (Å²) in [5, 5.41) is 0. The highest BCUT2D eigenvalue weighted by Crippen LogP contribution is 2.23. The van der Waals surface area contributed by atoms with Crippen LogP contribution in [0.3, 0.4) is 0 Å². The minimum absolute atomic E-state index is 0.0341. The zero-order valence-electron chi connectivity index (χ0n) is 15.2. The van der Waals surface area contributed by atoms with E-state index in [0.29, 0.717) is 5.75 Å². The summed E-state index contributed by atoms with van der Waals surface area (Å²) in [6.45, 7) is -0.468. The normalized spacial score (nSPS) is 15.4. The minimum Gasteiger partial charge on any atom is -0.497 e. The Balaban J connectivity index is 1.74. The van der Waals surface area contributed by atoms with Crippen LogP contribution >= 0.6 is 0 Å². The van der Waals surface area contributed by atoms with Gasteiger partial charge < -0.3 is 9.64 Å². The second kappa shape index (κ2) is 7.99. The van der Waals surface area contributed by atoms with Crippen LogP contribution in [0.1, 0.15) is 10.4 Å². The van der Waals surface area contributed by atoms with Crippen LogP contribution in [0.5, 0.6) is 5.75 Å². The number of halogens is 4. The van der Waals surface area contributed by atoms with Gasteiger partial charge in [-0.25, -0.2) is 26.0 Å². The standard InChI is InChI=1S/C18H16F4N2O4S/c1-28-11-2-4-12(5-3-11)29(26,27)24-8-6-23(7-9-24)18(25)13-10-14(19)16(21)17(22)15(13)20/h2-5,10H,6-9H2,1H3. The van der Waals surface area contributed by atoms with Crippen molar-refractivity contribution >= 4 is 15.9 Å². The number of carbonyl (C=O) groups excluding carboxylic acids is 1. The maximum Gasteiger partial charge on any atom is 0.257 e. The monoisotopic (exact) mass is 432 g/mol. The van der Waals surface area contributed by atoms with Gasteiger partial charge in [0.25, 0.3) is 5.91 Å². The molecule has 0 radical (unpaired) electrons. The Morgan fingerprint density at radius 2 is 1.52 bits per heavy atom. The molecule has 0 saturated carbocycles. The Morgan fingerprint density at radius 3 is 2.07 bits per heavy atom. The highest BCUT2D eigenvalue weighted by molar-refractivity contribution is 7.89. The van der Waals surface area contributed by atoms with Crippen LogP contribution in [0.15, 0.2) is 35.2 Å². The Hall–Kier alpha value is -2.66. The molecule has 0 N–H and O–H groups in total. The number of hydrogen-bond acceptors (Lipinski definition) is 4. The van der Waals surface area contributed by atoms with Gasteiger partial charge in [-0.15, -0.1) is 0 Å². The third-order valence-electron chi connectivity index (χ3n) is 4.56. The molecule has 1 aliphatic rings. The molecule has 1 saturated heterocycles. The summed E-state index contributed by atoms with van der Waals surface area (Å²) in [6, 6.07) is 6.03. The van der Waals surface area contributed by atoms with Gasteiger partial charge in [0.1, 0.15) is 5.75 Å². The fourth-order valence-corrected chi connectivity index (χ4v) is 4.35. The zero-order chi connectivity index (χ0) is 21.3. The first-order valence-corrected chi connectivity index (χ1v) is 9.87. The summed E-state index contributed by atoms with van der Waals surface area (Å²) in [5.74, 6) is -8.12. The lowest BCUT2D eigenvalue weighted by atomic mass is 10.1. The largest absolute Gasteiger partial charge is 0.497 e. The van der Waals surface area contributed by atoms with E-state index in [-0.39, 0.29) is 37.1 Å². The van der Waals surface area contributed by atoms with Crippen molar-refractivity contribution in [3.63, 3.8) is 0 Å². The first-order valence-electron chi connectivity index (χ1n) is 8.43. The van der Waals surface area contributed by atoms with Gasteiger partial charge in [-0.2, -0.15) is 4.31 Å². The quantitative estimate of drug-likeness (QED) is 0.423. The van der Waals surface area contributed by atoms with E-state index in [9.17, 15) is 30.8 Å². The van der Waals surface area contributed by atoms with E-state index < -0.39 is 44.8 Å². The number of benzene rings is 2. The van der Waals surface area contributed by atoms with E-state index >= 15 is 0 Å². The number of methoxy groups -OCH3 is 1. The molecule has 0 bridgehead atoms. The Bertz CT molecular complexity index is 1040. The molecule has 1 aliphatic heterocycles. The van der Waals surface area contributed by atoms with E-state index in [4.69, 9.17) is 4.74 Å². The average Bonchev–Trinajstić information content (AvgIpc) is 2.74. The summed E-state index contributed by atoms with van der Waals surface area (Å²) < 4.78 is 85.2. The second-order valence-corrected chi connectivity index (χ2v) is 8.16. The molecule has 2 aromatic rings. The van der Waals surface area contributed by atoms with Gasteiger partial charge in [-0.05, 0) is 30.3 Å². The van der Waals surface area contributed by atoms with E-state index in [1.54, 1.807) is 0 Å². The summed E-state index contributed by atoms with van der Waals surface area (Å²) in [5.41, 5.74) is -0.951. The molecule has 2 aromatic carbocycles. The second-order valence-electron chi connectivity index (χ2n) is 6.22. The predicted octanol–water partition coefficient (Wildman–Crippen LogP) is 2.40. The van der Waals surface area contributed by atoms with Crippen molar-refractivity contribution in [2.45, 2.75) is 4.90 Å². The number of hydrogen-bond donors (Lipinski definition) is 0. The maximum atomic E-state index is 13.9. The molecule has 0 atom stereocenters. The molecular formula is C18H16F4N2O4S. The Morgan fingerprint density at radius 1 is 0.931 bits per heavy atom. The Labute approximate surface area is 164 Å². The molecule has 156 valence electrons. The molecule has 0 spiro atoms. The van der Waals surface area contributed by atoms with Crippen LogP contribution in [-0.4, -0.2) is 56.8 Å². The van der Waals surface area contributed by atoms with Crippen molar-refractivity contribution in [2.75, 3.05) is 33.3 Å². The van der Waals surface area contributed by atoms with Crippen molar-refractivity contribution in [1.82, 2.24) is 9.21 Å². The maximum absolute atomic E-state index is 13.9. The number of ether oxygens (including phenoxy) is 1. The van der Waals surface area contributed by atoms with Crippen LogP contribution in [0.25, 0.3) is 0 Å². The third-order valence-corrected chi connectivity index (χ3v) is 6.47. The number of carbonyl (C=O) groups is 1. The molecule has 0 aliphatic carbocycles. The molecule has 1 fully saturated rings. The van der Waals surface area contributed by atoms with Crippen molar-refractivity contribution in [1.29, 1.82) is 0 Å². The topological polar surface area (TPSA) is 66.9 Å². The molecular weight excluding hydrogens is 416 g/mol. The molecule has 29 heavy (non-hydrogen) atoms. The SMILES string of the molecule is COc1ccc(S(=O)(=O)N2CCN(C(=O)c3cc(F)c(F)c(F)c3F)CC2)cc1. The van der Waals surface area contributed by atoms with Gasteiger partial charge in [0, 0.05) is 26.2 Å². The molecule has 6 nitrogen and oxygen atoms in total. The van der Waals surface area contributed by atoms with Gasteiger partial charge in [-0.1, -0.05) is 0 Å². The van der Waals surface area contributed by atoms with E-state index in [2.05, 4.69) is 0 Å². The lowest BCUT2D eigenvalue weighted by Gasteiger charge is -2.34. The lowest BCUT2D eigenvalue weighted by Crippen LogP contribution is -2.50. The fourth-order valence-electron chi connectivity index (χ4n) is 2.93. The molecule has 11 heteroatoms. The highest BCUT2D eigenvalue weighted by atomic mass is 32.2. The zero-order valence-corrected chi connectivity index (χ0v) is 16.0. The van der Waals surface area contributed by atoms with Gasteiger partial charge in [0.05, 0.1) is 17.6 Å². The van der Waals surface area contributed by atoms with Crippen LogP contribution < -0.4 is 4.74 Å². The van der Waals surface area contributed by atoms with E-state index in [0.717, 1.165) is 9.21 Å². The van der Waals surface area contributed by atoms with Gasteiger partial charge in [-0.3, -0.25) is 4.79 Å². The molecule has 0 unspecified atom stereocenters. The van der Waals surface area contributed by atoms with Gasteiger partial charge >= 0.3 is 0 Å². The van der Waals surface area contributed by atoms with Crippen molar-refractivity contribution in [3.8, 4) is 5.75 Å². The molecule has 0 aromatic heterocycles. The van der Waals surface area contributed by atoms with Crippen molar-refractivity contribution < 1.29 is 35.5 Å². The number of piperazine rings is 1. The molecule has 1 heterocycles. The van der Waals surface area contributed by atoms with Crippen LogP contribution in [0.2, 0.25) is 0 Å². The molecule has 1 amide bonds. The summed E-state index contributed by atoms with van der Waals surface area (Å²) >= 11 is 0. The van der Waals surface area contributed by atoms with E-state index in [1.807, 2.05) is 0 Å². The van der Waals surface area contributed by atoms with Crippen LogP contribution in [-0.2, 0) is 10.0 Å². The first-order chi connectivity index (χ1) is 13.7. The summed E-state index contributed by atoms with van der Waals surface area (Å²) in [4.78, 5) is 13.5. The van der Waals surface area contributed by atoms with Crippen molar-refractivity contribution in [2.24, 2.45) is 0 Å². The predicted molar refractivity (Wildman–Crippen MR) is 93.9 cm³/mol. The third kappa shape index (κ3) is 3.92. The number of sulfonamides is 1. The van der Waals surface area contributed by atoms with Gasteiger partial charge in [0.2, 0.25) is 10.0 Å². The highest BCUT2D eigenvalue weighted by Gasteiger charge is 2.32. The number of nitrogens with zero attached hydrogens (tertiary/aromatic N) is 2. The smallest absolute Gasteiger partial charge is 0.257 e. The average molecular weight is 432 g/mol. The number of amides is 1. The van der Waals surface area contributed by atoms with E-state index in [1.165, 1.54) is 31.4 Å². The minimum atomic E-state index is -3.83. The van der Waals surface area contributed by atoms with Crippen molar-refractivity contribution in [3.05, 3.63) is 59.2 Å². The fraction of sp³-hybridized carbons (Fsp3) is 0.278. The van der Waals surface area contributed by atoms with Crippen LogP contribution in [0.4, 0.5) is 17.6 Å². The van der Waals surface area contributed by atoms with Crippen LogP contribution in [0, 0.1) is 23.3 Å². The lowest BCUT2D eigenvalue weighted by molar-refractivity contribution is 0.0691. The summed E-state index contributed by atoms with van der Waals surface area (Å²) in [7, 11) is -2.39. The molecule has 3 rings (SSSR count). The number of rotatable bonds is 4. The van der Waals surface area contributed by atoms with Gasteiger partial charge in [0.15, 0.2) is 23.3 Å². The summed E-state index contributed by atoms with van der Waals surface area (Å²) in [6.07, 6.45) is 0. The first kappa shape index (κ1) is 21.1.